The quantitative estimate of drug-likeness (QED) is 0.673. The van der Waals surface area contributed by atoms with Crippen LogP contribution in [0.5, 0.6) is 5.75 Å². The van der Waals surface area contributed by atoms with Crippen molar-refractivity contribution in [3.8, 4) is 5.75 Å². The SMILES string of the molecule is COc1cccc(C2CCCN2C(=O)Nc2ccc([N+](=O)[O-])cc2)c1. The van der Waals surface area contributed by atoms with E-state index in [-0.39, 0.29) is 17.8 Å². The van der Waals surface area contributed by atoms with Gasteiger partial charge >= 0.3 is 6.03 Å². The van der Waals surface area contributed by atoms with E-state index in [4.69, 9.17) is 4.74 Å². The van der Waals surface area contributed by atoms with Gasteiger partial charge in [0.2, 0.25) is 0 Å². The Morgan fingerprint density at radius 1 is 1.28 bits per heavy atom. The van der Waals surface area contributed by atoms with Crippen molar-refractivity contribution >= 4 is 17.4 Å². The maximum atomic E-state index is 12.6. The fourth-order valence-electron chi connectivity index (χ4n) is 3.07. The molecule has 0 aliphatic carbocycles. The number of anilines is 1. The van der Waals surface area contributed by atoms with Gasteiger partial charge in [-0.2, -0.15) is 0 Å². The number of amides is 2. The molecule has 25 heavy (non-hydrogen) atoms. The summed E-state index contributed by atoms with van der Waals surface area (Å²) in [5.41, 5.74) is 1.57. The molecule has 0 aromatic heterocycles. The molecule has 2 amide bonds. The van der Waals surface area contributed by atoms with Gasteiger partial charge in [0.25, 0.3) is 5.69 Å². The van der Waals surface area contributed by atoms with Crippen LogP contribution < -0.4 is 10.1 Å². The molecule has 1 fully saturated rings. The lowest BCUT2D eigenvalue weighted by atomic mass is 10.0. The fourth-order valence-corrected chi connectivity index (χ4v) is 3.07. The zero-order valence-electron chi connectivity index (χ0n) is 13.8. The number of nitrogens with one attached hydrogen (secondary N) is 1. The molecule has 1 unspecified atom stereocenters. The molecule has 130 valence electrons. The molecule has 7 heteroatoms. The number of carbonyl (C=O) groups is 1. The van der Waals surface area contributed by atoms with E-state index in [9.17, 15) is 14.9 Å². The second-order valence-electron chi connectivity index (χ2n) is 5.86. The van der Waals surface area contributed by atoms with Crippen LogP contribution in [0.25, 0.3) is 0 Å². The highest BCUT2D eigenvalue weighted by Crippen LogP contribution is 2.33. The van der Waals surface area contributed by atoms with Crippen molar-refractivity contribution in [3.05, 3.63) is 64.2 Å². The Kier molecular flexibility index (Phi) is 4.83. The van der Waals surface area contributed by atoms with Crippen molar-refractivity contribution in [3.63, 3.8) is 0 Å². The number of benzene rings is 2. The number of carbonyl (C=O) groups excluding carboxylic acids is 1. The van der Waals surface area contributed by atoms with Gasteiger partial charge in [-0.3, -0.25) is 10.1 Å². The summed E-state index contributed by atoms with van der Waals surface area (Å²) >= 11 is 0. The maximum Gasteiger partial charge on any atom is 0.322 e. The molecular weight excluding hydrogens is 322 g/mol. The van der Waals surface area contributed by atoms with Crippen LogP contribution in [0.4, 0.5) is 16.2 Å². The van der Waals surface area contributed by atoms with E-state index in [1.807, 2.05) is 24.3 Å². The summed E-state index contributed by atoms with van der Waals surface area (Å²) in [5, 5.41) is 13.5. The standard InChI is InChI=1S/C18H19N3O4/c1-25-16-5-2-4-13(12-16)17-6-3-11-20(17)18(22)19-14-7-9-15(10-8-14)21(23)24/h2,4-5,7-10,12,17H,3,6,11H2,1H3,(H,19,22). The number of nitrogens with zero attached hydrogens (tertiary/aromatic N) is 2. The van der Waals surface area contributed by atoms with E-state index in [1.165, 1.54) is 24.3 Å². The number of non-ortho nitro benzene ring substituents is 1. The van der Waals surface area contributed by atoms with E-state index < -0.39 is 4.92 Å². The zero-order chi connectivity index (χ0) is 17.8. The molecule has 0 spiro atoms. The summed E-state index contributed by atoms with van der Waals surface area (Å²) in [5.74, 6) is 0.764. The maximum absolute atomic E-state index is 12.6. The number of urea groups is 1. The predicted molar refractivity (Wildman–Crippen MR) is 93.8 cm³/mol. The summed E-state index contributed by atoms with van der Waals surface area (Å²) in [6, 6.07) is 13.3. The Morgan fingerprint density at radius 2 is 2.04 bits per heavy atom. The summed E-state index contributed by atoms with van der Waals surface area (Å²) in [4.78, 5) is 24.6. The van der Waals surface area contributed by atoms with Crippen LogP contribution in [-0.4, -0.2) is 29.5 Å². The van der Waals surface area contributed by atoms with Gasteiger partial charge in [-0.1, -0.05) is 12.1 Å². The highest BCUT2D eigenvalue weighted by molar-refractivity contribution is 5.90. The van der Waals surface area contributed by atoms with Crippen molar-refractivity contribution in [2.75, 3.05) is 19.0 Å². The first-order valence-electron chi connectivity index (χ1n) is 8.04. The minimum absolute atomic E-state index is 0.00608. The third kappa shape index (κ3) is 3.71. The van der Waals surface area contributed by atoms with Crippen LogP contribution in [0, 0.1) is 10.1 Å². The number of rotatable bonds is 4. The lowest BCUT2D eigenvalue weighted by molar-refractivity contribution is -0.384. The molecule has 0 radical (unpaired) electrons. The van der Waals surface area contributed by atoms with Crippen molar-refractivity contribution in [1.82, 2.24) is 4.90 Å². The average Bonchev–Trinajstić information content (AvgIpc) is 3.12. The summed E-state index contributed by atoms with van der Waals surface area (Å²) in [6.45, 7) is 0.667. The van der Waals surface area contributed by atoms with E-state index in [0.717, 1.165) is 24.2 Å². The van der Waals surface area contributed by atoms with E-state index in [1.54, 1.807) is 12.0 Å². The molecule has 0 saturated carbocycles. The molecule has 2 aromatic rings. The topological polar surface area (TPSA) is 84.7 Å². The molecule has 1 aliphatic heterocycles. The summed E-state index contributed by atoms with van der Waals surface area (Å²) in [6.07, 6.45) is 1.82. The van der Waals surface area contributed by atoms with Gasteiger partial charge in [-0.05, 0) is 42.7 Å². The number of nitro benzene ring substituents is 1. The third-order valence-electron chi connectivity index (χ3n) is 4.32. The normalized spacial score (nSPS) is 16.5. The van der Waals surface area contributed by atoms with Crippen LogP contribution in [0.1, 0.15) is 24.4 Å². The first-order chi connectivity index (χ1) is 12.1. The van der Waals surface area contributed by atoms with Crippen LogP contribution in [0.3, 0.4) is 0 Å². The van der Waals surface area contributed by atoms with Gasteiger partial charge in [0.05, 0.1) is 18.1 Å². The number of likely N-dealkylation sites (tertiary alicyclic amines) is 1. The largest absolute Gasteiger partial charge is 0.497 e. The molecule has 1 heterocycles. The van der Waals surface area contributed by atoms with E-state index in [0.29, 0.717) is 12.2 Å². The number of hydrogen-bond donors (Lipinski definition) is 1. The summed E-state index contributed by atoms with van der Waals surface area (Å²) in [7, 11) is 1.62. The van der Waals surface area contributed by atoms with E-state index >= 15 is 0 Å². The highest BCUT2D eigenvalue weighted by atomic mass is 16.6. The average molecular weight is 341 g/mol. The van der Waals surface area contributed by atoms with Gasteiger partial charge in [-0.25, -0.2) is 4.79 Å². The Labute approximate surface area is 145 Å². The zero-order valence-corrected chi connectivity index (χ0v) is 13.8. The molecule has 1 aliphatic rings. The Morgan fingerprint density at radius 3 is 2.72 bits per heavy atom. The van der Waals surface area contributed by atoms with Gasteiger partial charge < -0.3 is 15.0 Å². The lowest BCUT2D eigenvalue weighted by Crippen LogP contribution is -2.34. The predicted octanol–water partition coefficient (Wildman–Crippen LogP) is 3.97. The minimum atomic E-state index is -0.467. The Balaban J connectivity index is 1.73. The van der Waals surface area contributed by atoms with Crippen LogP contribution in [0.2, 0.25) is 0 Å². The van der Waals surface area contributed by atoms with Gasteiger partial charge in [-0.15, -0.1) is 0 Å². The first kappa shape index (κ1) is 16.8. The number of hydrogen-bond acceptors (Lipinski definition) is 4. The van der Waals surface area contributed by atoms with Gasteiger partial charge in [0.1, 0.15) is 5.75 Å². The molecular formula is C18H19N3O4. The Bertz CT molecular complexity index is 776. The van der Waals surface area contributed by atoms with Gasteiger partial charge in [0, 0.05) is 24.4 Å². The van der Waals surface area contributed by atoms with Crippen molar-refractivity contribution in [2.45, 2.75) is 18.9 Å². The van der Waals surface area contributed by atoms with Crippen molar-refractivity contribution in [1.29, 1.82) is 0 Å². The van der Waals surface area contributed by atoms with Crippen molar-refractivity contribution < 1.29 is 14.5 Å². The number of nitro groups is 1. The van der Waals surface area contributed by atoms with Gasteiger partial charge in [0.15, 0.2) is 0 Å². The highest BCUT2D eigenvalue weighted by Gasteiger charge is 2.30. The molecule has 1 atom stereocenters. The summed E-state index contributed by atoms with van der Waals surface area (Å²) < 4.78 is 5.26. The smallest absolute Gasteiger partial charge is 0.322 e. The number of methoxy groups -OCH3 is 1. The molecule has 1 N–H and O–H groups in total. The molecule has 0 bridgehead atoms. The lowest BCUT2D eigenvalue weighted by Gasteiger charge is -2.25. The number of ether oxygens (including phenoxy) is 1. The van der Waals surface area contributed by atoms with Crippen LogP contribution >= 0.6 is 0 Å². The first-order valence-corrected chi connectivity index (χ1v) is 8.04. The van der Waals surface area contributed by atoms with E-state index in [2.05, 4.69) is 5.32 Å². The molecule has 1 saturated heterocycles. The fraction of sp³-hybridized carbons (Fsp3) is 0.278. The van der Waals surface area contributed by atoms with Crippen LogP contribution in [0.15, 0.2) is 48.5 Å². The Hall–Kier alpha value is -3.09. The monoisotopic (exact) mass is 341 g/mol. The second-order valence-corrected chi connectivity index (χ2v) is 5.86. The molecule has 2 aromatic carbocycles. The minimum Gasteiger partial charge on any atom is -0.497 e. The molecule has 7 nitrogen and oxygen atoms in total. The molecule has 3 rings (SSSR count). The second kappa shape index (κ2) is 7.21. The van der Waals surface area contributed by atoms with Crippen molar-refractivity contribution in [2.24, 2.45) is 0 Å². The van der Waals surface area contributed by atoms with Crippen LogP contribution in [-0.2, 0) is 0 Å². The third-order valence-corrected chi connectivity index (χ3v) is 4.32.